The molecule has 0 fully saturated rings. The summed E-state index contributed by atoms with van der Waals surface area (Å²) in [6.45, 7) is 14.1. The SMILES string of the molecule is C=C(C)C(=O)Oc1ccc(C(=O)OI(OC(=O)c2ccc(OC(=O)C(=C)C)cc2)c2ccccc2)cc1.CC. The maximum Gasteiger partial charge on any atom is -0.0683 e. The van der Waals surface area contributed by atoms with Crippen LogP contribution in [0.4, 0.5) is 0 Å². The van der Waals surface area contributed by atoms with Crippen LogP contribution in [0.3, 0.4) is 0 Å². The molecule has 39 heavy (non-hydrogen) atoms. The van der Waals surface area contributed by atoms with Crippen LogP contribution < -0.4 is 9.47 Å². The average Bonchev–Trinajstić information content (AvgIpc) is 2.94. The van der Waals surface area contributed by atoms with Gasteiger partial charge in [-0.05, 0) is 0 Å². The molecule has 0 aliphatic heterocycles. The van der Waals surface area contributed by atoms with Crippen molar-refractivity contribution in [3.63, 3.8) is 0 Å². The summed E-state index contributed by atoms with van der Waals surface area (Å²) in [7, 11) is 0. The van der Waals surface area contributed by atoms with Gasteiger partial charge in [0, 0.05) is 0 Å². The first-order valence-corrected chi connectivity index (χ1v) is 14.6. The van der Waals surface area contributed by atoms with Crippen molar-refractivity contribution in [3.05, 3.63) is 118 Å². The van der Waals surface area contributed by atoms with Crippen LogP contribution in [0.1, 0.15) is 48.4 Å². The van der Waals surface area contributed by atoms with Gasteiger partial charge >= 0.3 is 223 Å². The van der Waals surface area contributed by atoms with E-state index in [9.17, 15) is 19.2 Å². The summed E-state index contributed by atoms with van der Waals surface area (Å²) in [5.74, 6) is -2.06. The molecule has 0 aliphatic carbocycles. The first-order valence-electron chi connectivity index (χ1n) is 11.8. The van der Waals surface area contributed by atoms with Crippen molar-refractivity contribution >= 4 is 44.5 Å². The van der Waals surface area contributed by atoms with Gasteiger partial charge < -0.3 is 0 Å². The largest absolute Gasteiger partial charge is 0.0683 e. The summed E-state index contributed by atoms with van der Waals surface area (Å²) in [6.07, 6.45) is 0. The van der Waals surface area contributed by atoms with E-state index in [-0.39, 0.29) is 33.8 Å². The van der Waals surface area contributed by atoms with Gasteiger partial charge in [0.05, 0.1) is 0 Å². The van der Waals surface area contributed by atoms with Crippen LogP contribution >= 0.6 is 20.6 Å². The first kappa shape index (κ1) is 31.0. The van der Waals surface area contributed by atoms with Crippen LogP contribution in [0.25, 0.3) is 0 Å². The van der Waals surface area contributed by atoms with Crippen LogP contribution in [0.2, 0.25) is 0 Å². The Hall–Kier alpha value is -4.25. The summed E-state index contributed by atoms with van der Waals surface area (Å²) in [6, 6.07) is 20.3. The molecule has 0 spiro atoms. The van der Waals surface area contributed by atoms with Crippen LogP contribution in [-0.4, -0.2) is 23.9 Å². The normalized spacial score (nSPS) is 10.1. The topological polar surface area (TPSA) is 105 Å². The van der Waals surface area contributed by atoms with E-state index in [1.807, 2.05) is 13.8 Å². The number of rotatable bonds is 9. The molecule has 0 saturated carbocycles. The molecular weight excluding hydrogens is 615 g/mol. The maximum absolute atomic E-state index is 12.8. The zero-order valence-electron chi connectivity index (χ0n) is 22.1. The van der Waals surface area contributed by atoms with Crippen molar-refractivity contribution in [2.75, 3.05) is 0 Å². The Morgan fingerprint density at radius 3 is 1.28 bits per heavy atom. The summed E-state index contributed by atoms with van der Waals surface area (Å²) in [5, 5.41) is 0. The number of ether oxygens (including phenoxy) is 2. The molecule has 204 valence electrons. The van der Waals surface area contributed by atoms with Gasteiger partial charge in [0.2, 0.25) is 0 Å². The Bertz CT molecular complexity index is 1240. The fraction of sp³-hybridized carbons (Fsp3) is 0.133. The monoisotopic (exact) mass is 644 g/mol. The number of hydrogen-bond donors (Lipinski definition) is 0. The third-order valence-electron chi connectivity index (χ3n) is 4.49. The van der Waals surface area contributed by atoms with Gasteiger partial charge in [0.1, 0.15) is 0 Å². The van der Waals surface area contributed by atoms with Crippen LogP contribution in [0.15, 0.2) is 103 Å². The second kappa shape index (κ2) is 15.2. The minimum absolute atomic E-state index is 0.188. The Morgan fingerprint density at radius 2 is 0.949 bits per heavy atom. The van der Waals surface area contributed by atoms with E-state index < -0.39 is 44.5 Å². The van der Waals surface area contributed by atoms with Gasteiger partial charge in [-0.15, -0.1) is 0 Å². The fourth-order valence-corrected chi connectivity index (χ4v) is 5.38. The van der Waals surface area contributed by atoms with Crippen molar-refractivity contribution in [3.8, 4) is 11.5 Å². The Labute approximate surface area is 235 Å². The summed E-state index contributed by atoms with van der Waals surface area (Å²) in [4.78, 5) is 49.0. The smallest absolute Gasteiger partial charge is 0.0683 e. The minimum Gasteiger partial charge on any atom is -0.0683 e. The third kappa shape index (κ3) is 9.53. The number of benzene rings is 3. The van der Waals surface area contributed by atoms with Gasteiger partial charge in [-0.2, -0.15) is 0 Å². The molecule has 0 heterocycles. The number of esters is 2. The van der Waals surface area contributed by atoms with E-state index in [1.54, 1.807) is 30.3 Å². The predicted molar refractivity (Wildman–Crippen MR) is 155 cm³/mol. The van der Waals surface area contributed by atoms with E-state index >= 15 is 0 Å². The Balaban J connectivity index is 0.00000260. The van der Waals surface area contributed by atoms with Crippen LogP contribution in [0, 0.1) is 3.57 Å². The molecule has 0 saturated heterocycles. The van der Waals surface area contributed by atoms with E-state index in [4.69, 9.17) is 15.6 Å². The van der Waals surface area contributed by atoms with E-state index in [2.05, 4.69) is 13.2 Å². The molecule has 0 radical (unpaired) electrons. The van der Waals surface area contributed by atoms with Crippen molar-refractivity contribution in [1.29, 1.82) is 0 Å². The first-order chi connectivity index (χ1) is 18.6. The average molecular weight is 644 g/mol. The van der Waals surface area contributed by atoms with Gasteiger partial charge in [-0.1, -0.05) is 13.8 Å². The molecule has 9 heteroatoms. The second-order valence-corrected chi connectivity index (χ2v) is 11.0. The van der Waals surface area contributed by atoms with Gasteiger partial charge in [-0.3, -0.25) is 0 Å². The van der Waals surface area contributed by atoms with E-state index in [0.717, 1.165) is 0 Å². The quantitative estimate of drug-likeness (QED) is 0.107. The van der Waals surface area contributed by atoms with Crippen molar-refractivity contribution in [2.24, 2.45) is 0 Å². The fourth-order valence-electron chi connectivity index (χ4n) is 2.55. The molecule has 0 aromatic heterocycles. The number of carbonyl (C=O) groups excluding carboxylic acids is 4. The predicted octanol–water partition coefficient (Wildman–Crippen LogP) is 6.90. The molecule has 0 bridgehead atoms. The second-order valence-electron chi connectivity index (χ2n) is 7.63. The van der Waals surface area contributed by atoms with Gasteiger partial charge in [0.25, 0.3) is 0 Å². The molecule has 8 nitrogen and oxygen atoms in total. The molecule has 0 atom stereocenters. The standard InChI is InChI=1S/C28H23IO8.C2H6/c1-18(2)25(30)34-23-14-10-20(11-15-23)27(32)36-29(22-8-6-5-7-9-22)37-28(33)21-12-16-24(17-13-21)35-26(31)19(3)4;1-2/h5-17H,1,3H2,2,4H3;1-2H3. The van der Waals surface area contributed by atoms with Gasteiger partial charge in [-0.25, -0.2) is 0 Å². The van der Waals surface area contributed by atoms with Crippen molar-refractivity contribution in [1.82, 2.24) is 0 Å². The number of hydrogen-bond acceptors (Lipinski definition) is 8. The molecular formula is C30H29IO8. The van der Waals surface area contributed by atoms with Crippen molar-refractivity contribution < 1.29 is 34.8 Å². The molecule has 3 aromatic carbocycles. The summed E-state index contributed by atoms with van der Waals surface area (Å²) in [5.41, 5.74) is 0.858. The number of carbonyl (C=O) groups is 4. The zero-order chi connectivity index (χ0) is 28.9. The summed E-state index contributed by atoms with van der Waals surface area (Å²) >= 11 is -3.26. The Morgan fingerprint density at radius 1 is 0.590 bits per heavy atom. The molecule has 0 amide bonds. The zero-order valence-corrected chi connectivity index (χ0v) is 24.2. The van der Waals surface area contributed by atoms with Crippen molar-refractivity contribution in [2.45, 2.75) is 27.7 Å². The molecule has 3 aromatic rings. The van der Waals surface area contributed by atoms with E-state index in [1.165, 1.54) is 62.4 Å². The molecule has 0 aliphatic rings. The molecule has 0 unspecified atom stereocenters. The van der Waals surface area contributed by atoms with Crippen LogP contribution in [-0.2, 0) is 15.7 Å². The summed E-state index contributed by atoms with van der Waals surface area (Å²) < 4.78 is 22.1. The Kier molecular flexibility index (Phi) is 12.1. The van der Waals surface area contributed by atoms with Crippen LogP contribution in [0.5, 0.6) is 11.5 Å². The van der Waals surface area contributed by atoms with Gasteiger partial charge in [0.15, 0.2) is 0 Å². The minimum atomic E-state index is -3.26. The molecule has 0 N–H and O–H groups in total. The number of halogens is 1. The van der Waals surface area contributed by atoms with E-state index in [0.29, 0.717) is 3.57 Å². The third-order valence-corrected chi connectivity index (χ3v) is 7.83. The maximum atomic E-state index is 12.8. The molecule has 3 rings (SSSR count).